The van der Waals surface area contributed by atoms with E-state index < -0.39 is 0 Å². The van der Waals surface area contributed by atoms with Crippen molar-refractivity contribution < 1.29 is 4.79 Å². The standard InChI is InChI=1S/C19H33N5O/c1-4-16(5-2)23-19(25)8-7-15-9-11-24(12-10-15)18-13-17(20-6-3)21-14-22-18/h13-16H,4-12H2,1-3H3,(H,23,25)(H,20,21,22). The second-order valence-corrected chi connectivity index (χ2v) is 6.84. The molecule has 1 aromatic rings. The number of piperidine rings is 1. The maximum atomic E-state index is 12.1. The molecule has 0 atom stereocenters. The van der Waals surface area contributed by atoms with E-state index in [2.05, 4.69) is 46.3 Å². The zero-order valence-electron chi connectivity index (χ0n) is 15.9. The first-order chi connectivity index (χ1) is 12.2. The minimum atomic E-state index is 0.210. The van der Waals surface area contributed by atoms with Crippen molar-refractivity contribution in [3.63, 3.8) is 0 Å². The van der Waals surface area contributed by atoms with Crippen LogP contribution in [0.2, 0.25) is 0 Å². The second-order valence-electron chi connectivity index (χ2n) is 6.84. The Morgan fingerprint density at radius 1 is 1.24 bits per heavy atom. The summed E-state index contributed by atoms with van der Waals surface area (Å²) in [4.78, 5) is 23.0. The van der Waals surface area contributed by atoms with Gasteiger partial charge in [-0.05, 0) is 44.9 Å². The molecule has 0 radical (unpaired) electrons. The van der Waals surface area contributed by atoms with Gasteiger partial charge >= 0.3 is 0 Å². The van der Waals surface area contributed by atoms with Crippen LogP contribution in [-0.2, 0) is 4.79 Å². The highest BCUT2D eigenvalue weighted by Gasteiger charge is 2.21. The molecule has 1 saturated heterocycles. The summed E-state index contributed by atoms with van der Waals surface area (Å²) in [7, 11) is 0. The van der Waals surface area contributed by atoms with E-state index in [0.717, 1.165) is 63.4 Å². The number of nitrogens with one attached hydrogen (secondary N) is 2. The average Bonchev–Trinajstić information content (AvgIpc) is 2.65. The Labute approximate surface area is 151 Å². The molecule has 2 heterocycles. The number of hydrogen-bond acceptors (Lipinski definition) is 5. The SMILES string of the molecule is CCNc1cc(N2CCC(CCC(=O)NC(CC)CC)CC2)ncn1. The average molecular weight is 348 g/mol. The number of rotatable bonds is 9. The van der Waals surface area contributed by atoms with Crippen LogP contribution in [0.4, 0.5) is 11.6 Å². The van der Waals surface area contributed by atoms with Crippen LogP contribution in [0.25, 0.3) is 0 Å². The lowest BCUT2D eigenvalue weighted by Crippen LogP contribution is -2.36. The molecule has 140 valence electrons. The summed E-state index contributed by atoms with van der Waals surface area (Å²) in [5.74, 6) is 2.73. The van der Waals surface area contributed by atoms with Gasteiger partial charge in [-0.1, -0.05) is 13.8 Å². The predicted molar refractivity (Wildman–Crippen MR) is 103 cm³/mol. The fraction of sp³-hybridized carbons (Fsp3) is 0.737. The third-order valence-electron chi connectivity index (χ3n) is 5.08. The van der Waals surface area contributed by atoms with Crippen LogP contribution in [-0.4, -0.2) is 41.6 Å². The number of nitrogens with zero attached hydrogens (tertiary/aromatic N) is 3. The Bertz CT molecular complexity index is 524. The molecule has 6 nitrogen and oxygen atoms in total. The van der Waals surface area contributed by atoms with E-state index in [1.54, 1.807) is 6.33 Å². The number of hydrogen-bond donors (Lipinski definition) is 2. The number of carbonyl (C=O) groups is 1. The van der Waals surface area contributed by atoms with Gasteiger partial charge in [0.2, 0.25) is 5.91 Å². The molecule has 2 N–H and O–H groups in total. The summed E-state index contributed by atoms with van der Waals surface area (Å²) in [6.07, 6.45) is 7.54. The van der Waals surface area contributed by atoms with Crippen LogP contribution in [0.1, 0.15) is 59.3 Å². The lowest BCUT2D eigenvalue weighted by atomic mass is 9.92. The lowest BCUT2D eigenvalue weighted by molar-refractivity contribution is -0.122. The number of anilines is 2. The molecule has 1 fully saturated rings. The normalized spacial score (nSPS) is 15.4. The van der Waals surface area contributed by atoms with E-state index >= 15 is 0 Å². The van der Waals surface area contributed by atoms with Gasteiger partial charge in [0.15, 0.2) is 0 Å². The first-order valence-electron chi connectivity index (χ1n) is 9.76. The lowest BCUT2D eigenvalue weighted by Gasteiger charge is -2.32. The van der Waals surface area contributed by atoms with Crippen molar-refractivity contribution in [3.05, 3.63) is 12.4 Å². The molecule has 0 spiro atoms. The van der Waals surface area contributed by atoms with Gasteiger partial charge in [-0.3, -0.25) is 4.79 Å². The maximum Gasteiger partial charge on any atom is 0.220 e. The fourth-order valence-corrected chi connectivity index (χ4v) is 3.38. The number of aromatic nitrogens is 2. The van der Waals surface area contributed by atoms with E-state index in [1.165, 1.54) is 0 Å². The first-order valence-corrected chi connectivity index (χ1v) is 9.76. The zero-order valence-corrected chi connectivity index (χ0v) is 15.9. The van der Waals surface area contributed by atoms with Crippen molar-refractivity contribution >= 4 is 17.5 Å². The molecule has 1 aromatic heterocycles. The molecule has 0 saturated carbocycles. The van der Waals surface area contributed by atoms with E-state index in [4.69, 9.17) is 0 Å². The summed E-state index contributed by atoms with van der Waals surface area (Å²) in [6.45, 7) is 9.17. The van der Waals surface area contributed by atoms with E-state index in [1.807, 2.05) is 6.07 Å². The van der Waals surface area contributed by atoms with E-state index in [-0.39, 0.29) is 5.91 Å². The highest BCUT2D eigenvalue weighted by atomic mass is 16.1. The molecule has 1 amide bonds. The summed E-state index contributed by atoms with van der Waals surface area (Å²) < 4.78 is 0. The highest BCUT2D eigenvalue weighted by Crippen LogP contribution is 2.25. The molecule has 0 aliphatic carbocycles. The van der Waals surface area contributed by atoms with Crippen LogP contribution in [0.5, 0.6) is 0 Å². The van der Waals surface area contributed by atoms with Crippen LogP contribution in [0.15, 0.2) is 12.4 Å². The van der Waals surface area contributed by atoms with Crippen LogP contribution in [0, 0.1) is 5.92 Å². The third-order valence-corrected chi connectivity index (χ3v) is 5.08. The Morgan fingerprint density at radius 3 is 2.60 bits per heavy atom. The molecule has 0 aromatic carbocycles. The molecule has 0 unspecified atom stereocenters. The van der Waals surface area contributed by atoms with Gasteiger partial charge in [0.05, 0.1) is 0 Å². The summed E-state index contributed by atoms with van der Waals surface area (Å²) >= 11 is 0. The largest absolute Gasteiger partial charge is 0.370 e. The number of amides is 1. The molecule has 1 aliphatic heterocycles. The van der Waals surface area contributed by atoms with Gasteiger partial charge in [0.25, 0.3) is 0 Å². The molecular formula is C19H33N5O. The maximum absolute atomic E-state index is 12.1. The first kappa shape index (κ1) is 19.5. The summed E-state index contributed by atoms with van der Waals surface area (Å²) in [6, 6.07) is 2.35. The topological polar surface area (TPSA) is 70.2 Å². The molecule has 6 heteroatoms. The van der Waals surface area contributed by atoms with Crippen molar-refractivity contribution in [1.29, 1.82) is 0 Å². The van der Waals surface area contributed by atoms with Crippen LogP contribution in [0.3, 0.4) is 0 Å². The fourth-order valence-electron chi connectivity index (χ4n) is 3.38. The Kier molecular flexibility index (Phi) is 7.95. The van der Waals surface area contributed by atoms with Gasteiger partial charge in [-0.2, -0.15) is 0 Å². The minimum Gasteiger partial charge on any atom is -0.370 e. The van der Waals surface area contributed by atoms with Crippen molar-refractivity contribution in [1.82, 2.24) is 15.3 Å². The number of carbonyl (C=O) groups excluding carboxylic acids is 1. The van der Waals surface area contributed by atoms with E-state index in [0.29, 0.717) is 18.4 Å². The van der Waals surface area contributed by atoms with Crippen molar-refractivity contribution in [3.8, 4) is 0 Å². The minimum absolute atomic E-state index is 0.210. The Morgan fingerprint density at radius 2 is 1.96 bits per heavy atom. The van der Waals surface area contributed by atoms with Crippen LogP contribution < -0.4 is 15.5 Å². The quantitative estimate of drug-likeness (QED) is 0.718. The van der Waals surface area contributed by atoms with Crippen molar-refractivity contribution in [2.45, 2.75) is 65.3 Å². The summed E-state index contributed by atoms with van der Waals surface area (Å²) in [5.41, 5.74) is 0. The zero-order chi connectivity index (χ0) is 18.1. The van der Waals surface area contributed by atoms with Crippen molar-refractivity contribution in [2.75, 3.05) is 29.9 Å². The second kappa shape index (κ2) is 10.2. The molecule has 25 heavy (non-hydrogen) atoms. The molecule has 2 rings (SSSR count). The molecule has 1 aliphatic rings. The van der Waals surface area contributed by atoms with Gasteiger partial charge in [-0.15, -0.1) is 0 Å². The van der Waals surface area contributed by atoms with Gasteiger partial charge in [0, 0.05) is 38.2 Å². The Balaban J connectivity index is 1.74. The summed E-state index contributed by atoms with van der Waals surface area (Å²) in [5, 5.41) is 6.37. The smallest absolute Gasteiger partial charge is 0.220 e. The van der Waals surface area contributed by atoms with Crippen molar-refractivity contribution in [2.24, 2.45) is 5.92 Å². The molecular weight excluding hydrogens is 314 g/mol. The van der Waals surface area contributed by atoms with E-state index in [9.17, 15) is 4.79 Å². The predicted octanol–water partition coefficient (Wildman–Crippen LogP) is 3.21. The molecule has 0 bridgehead atoms. The highest BCUT2D eigenvalue weighted by molar-refractivity contribution is 5.76. The Hall–Kier alpha value is -1.85. The monoisotopic (exact) mass is 347 g/mol. The third kappa shape index (κ3) is 6.18. The van der Waals surface area contributed by atoms with Gasteiger partial charge in [0.1, 0.15) is 18.0 Å². The van der Waals surface area contributed by atoms with Gasteiger partial charge in [-0.25, -0.2) is 9.97 Å². The van der Waals surface area contributed by atoms with Gasteiger partial charge < -0.3 is 15.5 Å². The van der Waals surface area contributed by atoms with Crippen LogP contribution >= 0.6 is 0 Å².